The first-order valence-electron chi connectivity index (χ1n) is 13.0. The van der Waals surface area contributed by atoms with Crippen molar-refractivity contribution < 1.29 is 28.4 Å². The number of ketones is 1. The van der Waals surface area contributed by atoms with Gasteiger partial charge in [-0.3, -0.25) is 19.2 Å². The summed E-state index contributed by atoms with van der Waals surface area (Å²) in [5.41, 5.74) is -0.00105. The van der Waals surface area contributed by atoms with E-state index < -0.39 is 41.4 Å². The van der Waals surface area contributed by atoms with E-state index in [1.54, 1.807) is 6.92 Å². The van der Waals surface area contributed by atoms with Crippen LogP contribution in [-0.4, -0.2) is 59.0 Å². The molecule has 1 aromatic carbocycles. The van der Waals surface area contributed by atoms with Crippen molar-refractivity contribution in [1.82, 2.24) is 21.1 Å². The van der Waals surface area contributed by atoms with Gasteiger partial charge in [0.1, 0.15) is 23.9 Å². The highest BCUT2D eigenvalue weighted by atomic mass is 16.6. The molecule has 2 heterocycles. The molecule has 1 aliphatic heterocycles. The molecular formula is C28H38N4O6. The number of rotatable bonds is 14. The van der Waals surface area contributed by atoms with Crippen LogP contribution < -0.4 is 16.0 Å². The number of carbonyl (C=O) groups is 4. The van der Waals surface area contributed by atoms with Crippen LogP contribution in [0.5, 0.6) is 0 Å². The van der Waals surface area contributed by atoms with E-state index in [1.165, 1.54) is 12.3 Å². The SMILES string of the molecule is CC(C)C[C@H](NC(=O)c1ccon1)C(=O)N[C@@H](Cc1ccccc1)C(=O)N[C@@H](CC(C)C)C(=O)[C@@]1(C)CO1. The molecule has 0 radical (unpaired) electrons. The molecule has 3 N–H and O–H groups in total. The first-order valence-corrected chi connectivity index (χ1v) is 13.0. The third kappa shape index (κ3) is 8.24. The molecule has 3 rings (SSSR count). The average molecular weight is 527 g/mol. The Bertz CT molecular complexity index is 1100. The van der Waals surface area contributed by atoms with Crippen LogP contribution in [0.4, 0.5) is 0 Å². The van der Waals surface area contributed by atoms with Gasteiger partial charge in [-0.05, 0) is 37.2 Å². The van der Waals surface area contributed by atoms with Crippen molar-refractivity contribution in [2.75, 3.05) is 6.61 Å². The van der Waals surface area contributed by atoms with Gasteiger partial charge < -0.3 is 25.2 Å². The molecule has 1 fully saturated rings. The highest BCUT2D eigenvalue weighted by Gasteiger charge is 2.50. The maximum Gasteiger partial charge on any atom is 0.274 e. The molecule has 0 spiro atoms. The van der Waals surface area contributed by atoms with E-state index >= 15 is 0 Å². The van der Waals surface area contributed by atoms with Gasteiger partial charge >= 0.3 is 0 Å². The lowest BCUT2D eigenvalue weighted by atomic mass is 9.93. The highest BCUT2D eigenvalue weighted by Crippen LogP contribution is 2.29. The number of aromatic nitrogens is 1. The summed E-state index contributed by atoms with van der Waals surface area (Å²) in [6.07, 6.45) is 2.27. The summed E-state index contributed by atoms with van der Waals surface area (Å²) in [5.74, 6) is -1.48. The van der Waals surface area contributed by atoms with Crippen molar-refractivity contribution in [2.45, 2.75) is 77.6 Å². The number of amides is 3. The highest BCUT2D eigenvalue weighted by molar-refractivity contribution is 5.99. The van der Waals surface area contributed by atoms with Gasteiger partial charge in [0.2, 0.25) is 11.8 Å². The number of nitrogens with one attached hydrogen (secondary N) is 3. The minimum Gasteiger partial charge on any atom is -0.364 e. The summed E-state index contributed by atoms with van der Waals surface area (Å²) >= 11 is 0. The van der Waals surface area contributed by atoms with Crippen LogP contribution in [0.1, 0.15) is 63.5 Å². The molecule has 0 saturated carbocycles. The van der Waals surface area contributed by atoms with Gasteiger partial charge in [0.05, 0.1) is 12.6 Å². The number of Topliss-reactive ketones (excluding diaryl/α,β-unsaturated/α-hetero) is 1. The molecule has 4 atom stereocenters. The topological polar surface area (TPSA) is 143 Å². The summed E-state index contributed by atoms with van der Waals surface area (Å²) in [6.45, 7) is 9.84. The molecule has 0 bridgehead atoms. The lowest BCUT2D eigenvalue weighted by Crippen LogP contribution is -2.57. The number of hydrogen-bond acceptors (Lipinski definition) is 7. The van der Waals surface area contributed by atoms with Crippen molar-refractivity contribution in [3.8, 4) is 0 Å². The Morgan fingerprint density at radius 1 is 0.868 bits per heavy atom. The average Bonchev–Trinajstić information content (AvgIpc) is 3.37. The fourth-order valence-corrected chi connectivity index (χ4v) is 4.19. The normalized spacial score (nSPS) is 18.9. The predicted octanol–water partition coefficient (Wildman–Crippen LogP) is 2.44. The summed E-state index contributed by atoms with van der Waals surface area (Å²) in [7, 11) is 0. The number of nitrogens with zero attached hydrogens (tertiary/aromatic N) is 1. The second kappa shape index (κ2) is 12.8. The van der Waals surface area contributed by atoms with Crippen LogP contribution in [0.3, 0.4) is 0 Å². The van der Waals surface area contributed by atoms with Crippen LogP contribution in [0, 0.1) is 11.8 Å². The van der Waals surface area contributed by atoms with Crippen molar-refractivity contribution in [1.29, 1.82) is 0 Å². The van der Waals surface area contributed by atoms with E-state index in [2.05, 4.69) is 21.1 Å². The zero-order valence-electron chi connectivity index (χ0n) is 22.7. The predicted molar refractivity (Wildman–Crippen MR) is 140 cm³/mol. The summed E-state index contributed by atoms with van der Waals surface area (Å²) in [5, 5.41) is 12.0. The Balaban J connectivity index is 1.80. The molecule has 0 aliphatic carbocycles. The van der Waals surface area contributed by atoms with Crippen molar-refractivity contribution in [3.05, 3.63) is 53.9 Å². The number of ether oxygens (including phenoxy) is 1. The van der Waals surface area contributed by atoms with Crippen molar-refractivity contribution >= 4 is 23.5 Å². The van der Waals surface area contributed by atoms with E-state index in [0.29, 0.717) is 19.4 Å². The van der Waals surface area contributed by atoms with E-state index in [0.717, 1.165) is 5.56 Å². The Labute approximate surface area is 223 Å². The van der Waals surface area contributed by atoms with E-state index in [4.69, 9.17) is 9.26 Å². The van der Waals surface area contributed by atoms with Crippen LogP contribution in [0.2, 0.25) is 0 Å². The first-order chi connectivity index (χ1) is 18.0. The Kier molecular flexibility index (Phi) is 9.79. The number of benzene rings is 1. The van der Waals surface area contributed by atoms with Crippen LogP contribution >= 0.6 is 0 Å². The molecule has 1 aromatic heterocycles. The number of epoxide rings is 1. The molecule has 1 aliphatic rings. The minimum absolute atomic E-state index is 0.0518. The van der Waals surface area contributed by atoms with Gasteiger partial charge in [0.15, 0.2) is 11.5 Å². The first kappa shape index (κ1) is 29.0. The standard InChI is InChI=1S/C28H38N4O6/c1-17(2)13-21(24(33)28(5)16-37-28)29-27(36)23(15-19-9-7-6-8-10-19)31-26(35)22(14-18(3)4)30-25(34)20-11-12-38-32-20/h6-12,17-18,21-23H,13-16H2,1-5H3,(H,29,36)(H,30,34)(H,31,35)/t21-,22-,23-,28+/m0/s1. The second-order valence-electron chi connectivity index (χ2n) is 10.9. The fraction of sp³-hybridized carbons (Fsp3) is 0.536. The molecule has 10 heteroatoms. The summed E-state index contributed by atoms with van der Waals surface area (Å²) < 4.78 is 10.1. The smallest absolute Gasteiger partial charge is 0.274 e. The number of hydrogen-bond donors (Lipinski definition) is 3. The van der Waals surface area contributed by atoms with Gasteiger partial charge in [-0.15, -0.1) is 0 Å². The van der Waals surface area contributed by atoms with Gasteiger partial charge in [0, 0.05) is 12.5 Å². The minimum atomic E-state index is -0.973. The molecule has 206 valence electrons. The van der Waals surface area contributed by atoms with E-state index in [1.807, 2.05) is 58.0 Å². The molecule has 1 saturated heterocycles. The fourth-order valence-electron chi connectivity index (χ4n) is 4.19. The van der Waals surface area contributed by atoms with Crippen molar-refractivity contribution in [2.24, 2.45) is 11.8 Å². The van der Waals surface area contributed by atoms with Crippen molar-refractivity contribution in [3.63, 3.8) is 0 Å². The lowest BCUT2D eigenvalue weighted by molar-refractivity contribution is -0.133. The lowest BCUT2D eigenvalue weighted by Gasteiger charge is -2.27. The van der Waals surface area contributed by atoms with E-state index in [9.17, 15) is 19.2 Å². The third-order valence-corrected chi connectivity index (χ3v) is 6.35. The Morgan fingerprint density at radius 3 is 2.00 bits per heavy atom. The molecular weight excluding hydrogens is 488 g/mol. The maximum atomic E-state index is 13.6. The summed E-state index contributed by atoms with van der Waals surface area (Å²) in [4.78, 5) is 52.6. The van der Waals surface area contributed by atoms with Crippen LogP contribution in [-0.2, 0) is 25.5 Å². The van der Waals surface area contributed by atoms with Crippen LogP contribution in [0.15, 0.2) is 47.2 Å². The molecule has 38 heavy (non-hydrogen) atoms. The zero-order chi connectivity index (χ0) is 27.9. The molecule has 0 unspecified atom stereocenters. The van der Waals surface area contributed by atoms with Gasteiger partial charge in [-0.1, -0.05) is 63.2 Å². The third-order valence-electron chi connectivity index (χ3n) is 6.35. The molecule has 2 aromatic rings. The zero-order valence-corrected chi connectivity index (χ0v) is 22.7. The van der Waals surface area contributed by atoms with Gasteiger partial charge in [0.25, 0.3) is 5.91 Å². The van der Waals surface area contributed by atoms with E-state index in [-0.39, 0.29) is 29.7 Å². The Hall–Kier alpha value is -3.53. The maximum absolute atomic E-state index is 13.6. The monoisotopic (exact) mass is 526 g/mol. The second-order valence-corrected chi connectivity index (χ2v) is 10.9. The summed E-state index contributed by atoms with van der Waals surface area (Å²) in [6, 6.07) is 8.06. The molecule has 3 amide bonds. The largest absolute Gasteiger partial charge is 0.364 e. The van der Waals surface area contributed by atoms with Crippen LogP contribution in [0.25, 0.3) is 0 Å². The quantitative estimate of drug-likeness (QED) is 0.321. The van der Waals surface area contributed by atoms with Gasteiger partial charge in [-0.2, -0.15) is 0 Å². The Morgan fingerprint density at radius 2 is 1.45 bits per heavy atom. The number of carbonyl (C=O) groups excluding carboxylic acids is 4. The van der Waals surface area contributed by atoms with Gasteiger partial charge in [-0.25, -0.2) is 0 Å². The molecule has 10 nitrogen and oxygen atoms in total.